The summed E-state index contributed by atoms with van der Waals surface area (Å²) >= 11 is 0. The largest absolute Gasteiger partial charge is 0.415 e. The van der Waals surface area contributed by atoms with Crippen LogP contribution in [0.5, 0.6) is 0 Å². The lowest BCUT2D eigenvalue weighted by atomic mass is 11.5. The lowest BCUT2D eigenvalue weighted by molar-refractivity contribution is -0.108. The zero-order valence-corrected chi connectivity index (χ0v) is 6.67. The van der Waals surface area contributed by atoms with Gasteiger partial charge in [-0.2, -0.15) is 8.42 Å². The molecule has 0 aliphatic heterocycles. The van der Waals surface area contributed by atoms with Gasteiger partial charge in [-0.05, 0) is 0 Å². The van der Waals surface area contributed by atoms with Crippen molar-refractivity contribution in [1.29, 1.82) is 0 Å². The second kappa shape index (κ2) is 3.28. The summed E-state index contributed by atoms with van der Waals surface area (Å²) in [7, 11) is -9.30. The van der Waals surface area contributed by atoms with Gasteiger partial charge in [0, 0.05) is 0 Å². The predicted molar refractivity (Wildman–Crippen MR) is 33.3 cm³/mol. The van der Waals surface area contributed by atoms with Crippen LogP contribution in [0.2, 0.25) is 0 Å². The molecule has 0 aromatic heterocycles. The highest BCUT2D eigenvalue weighted by Gasteiger charge is 2.21. The molecule has 0 radical (unpaired) electrons. The van der Waals surface area contributed by atoms with Gasteiger partial charge >= 0.3 is 18.0 Å². The number of nitrogens with one attached hydrogen (secondary N) is 2. The maximum Gasteiger partial charge on any atom is 0.415 e. The molecular weight excluding hydrogens is 199 g/mol. The van der Waals surface area contributed by atoms with Crippen molar-refractivity contribution in [1.82, 2.24) is 9.21 Å². The first-order valence-corrected chi connectivity index (χ1v) is 5.17. The van der Waals surface area contributed by atoms with Crippen molar-refractivity contribution in [2.75, 3.05) is 0 Å². The number of carbonyl (C=O) groups excluding carboxylic acids is 1. The maximum absolute atomic E-state index is 10.3. The molecule has 1 amide bonds. The molecule has 0 fully saturated rings. The van der Waals surface area contributed by atoms with Gasteiger partial charge in [0.15, 0.2) is 0 Å². The van der Waals surface area contributed by atoms with Gasteiger partial charge in [-0.3, -0.25) is 4.79 Å². The van der Waals surface area contributed by atoms with Gasteiger partial charge in [-0.1, -0.05) is 4.49 Å². The van der Waals surface area contributed by atoms with Crippen molar-refractivity contribution in [3.63, 3.8) is 0 Å². The Kier molecular flexibility index (Phi) is 3.14. The molecular formula is CH5N2O6PS. The van der Waals surface area contributed by atoms with Crippen LogP contribution in [-0.2, 0) is 19.6 Å². The predicted octanol–water partition coefficient (Wildman–Crippen LogP) is -2.34. The molecule has 0 atom stereocenters. The van der Waals surface area contributed by atoms with E-state index in [2.05, 4.69) is 0 Å². The van der Waals surface area contributed by atoms with Crippen molar-refractivity contribution in [3.8, 4) is 0 Å². The SMILES string of the molecule is O=CNS(=O)(=O)NP(=O)(O)O. The van der Waals surface area contributed by atoms with E-state index in [1.54, 1.807) is 0 Å². The molecule has 0 bridgehead atoms. The van der Waals surface area contributed by atoms with Crippen LogP contribution >= 0.6 is 7.75 Å². The van der Waals surface area contributed by atoms with Crippen LogP contribution in [0.15, 0.2) is 0 Å². The molecule has 0 aromatic rings. The number of carbonyl (C=O) groups is 1. The summed E-state index contributed by atoms with van der Waals surface area (Å²) in [5, 5.41) is 0. The summed E-state index contributed by atoms with van der Waals surface area (Å²) in [4.78, 5) is 25.6. The molecule has 0 rings (SSSR count). The van der Waals surface area contributed by atoms with Crippen LogP contribution in [0.3, 0.4) is 0 Å². The second-order valence-corrected chi connectivity index (χ2v) is 4.44. The topological polar surface area (TPSA) is 133 Å². The van der Waals surface area contributed by atoms with E-state index < -0.39 is 18.0 Å². The maximum atomic E-state index is 10.3. The molecule has 0 saturated carbocycles. The molecule has 0 aromatic carbocycles. The summed E-state index contributed by atoms with van der Waals surface area (Å²) in [6, 6.07) is 0. The van der Waals surface area contributed by atoms with Gasteiger partial charge in [0.05, 0.1) is 0 Å². The average Bonchev–Trinajstić information content (AvgIpc) is 1.55. The second-order valence-electron chi connectivity index (χ2n) is 1.37. The van der Waals surface area contributed by atoms with Crippen molar-refractivity contribution in [2.45, 2.75) is 0 Å². The summed E-state index contributed by atoms with van der Waals surface area (Å²) in [5.74, 6) is 0. The Hall–Kier alpha value is -0.470. The smallest absolute Gasteiger partial charge is 0.312 e. The highest BCUT2D eigenvalue weighted by atomic mass is 32.2. The van der Waals surface area contributed by atoms with Gasteiger partial charge < -0.3 is 9.79 Å². The normalized spacial score (nSPS) is 12.5. The molecule has 4 N–H and O–H groups in total. The molecule has 0 unspecified atom stereocenters. The van der Waals surface area contributed by atoms with E-state index in [-0.39, 0.29) is 6.41 Å². The number of hydrogen-bond donors (Lipinski definition) is 4. The highest BCUT2D eigenvalue weighted by molar-refractivity contribution is 7.93. The minimum Gasteiger partial charge on any atom is -0.312 e. The van der Waals surface area contributed by atoms with E-state index in [0.717, 1.165) is 4.49 Å². The lowest BCUT2D eigenvalue weighted by Gasteiger charge is -2.04. The van der Waals surface area contributed by atoms with Crippen LogP contribution in [0.25, 0.3) is 0 Å². The molecule has 0 spiro atoms. The monoisotopic (exact) mass is 204 g/mol. The fraction of sp³-hybridized carbons (Fsp3) is 0. The molecule has 10 heteroatoms. The summed E-state index contributed by atoms with van der Waals surface area (Å²) in [6.45, 7) is 0. The zero-order valence-electron chi connectivity index (χ0n) is 4.96. The van der Waals surface area contributed by atoms with Crippen LogP contribution in [0, 0.1) is 0 Å². The first kappa shape index (κ1) is 10.5. The third-order valence-corrected chi connectivity index (χ3v) is 2.76. The Balaban J connectivity index is 4.39. The van der Waals surface area contributed by atoms with Gasteiger partial charge in [-0.25, -0.2) is 9.29 Å². The van der Waals surface area contributed by atoms with Crippen molar-refractivity contribution >= 4 is 24.4 Å². The number of rotatable bonds is 4. The summed E-state index contributed by atoms with van der Waals surface area (Å²) in [5.41, 5.74) is 0. The molecule has 0 heterocycles. The van der Waals surface area contributed by atoms with Gasteiger partial charge in [0.2, 0.25) is 6.41 Å². The Morgan fingerprint density at radius 3 is 2.09 bits per heavy atom. The molecule has 0 aliphatic carbocycles. The summed E-state index contributed by atoms with van der Waals surface area (Å²) in [6.07, 6.45) is -0.224. The van der Waals surface area contributed by atoms with Crippen LogP contribution < -0.4 is 9.21 Å². The Bertz CT molecular complexity index is 275. The highest BCUT2D eigenvalue weighted by Crippen LogP contribution is 2.28. The minimum absolute atomic E-state index is 0.224. The van der Waals surface area contributed by atoms with Crippen molar-refractivity contribution in [2.24, 2.45) is 0 Å². The molecule has 8 nitrogen and oxygen atoms in total. The summed E-state index contributed by atoms with van der Waals surface area (Å²) < 4.78 is 32.6. The fourth-order valence-electron chi connectivity index (χ4n) is 0.246. The minimum atomic E-state index is -4.88. The number of amides is 1. The van der Waals surface area contributed by atoms with E-state index in [0.29, 0.717) is 0 Å². The van der Waals surface area contributed by atoms with Crippen molar-refractivity contribution in [3.05, 3.63) is 0 Å². The van der Waals surface area contributed by atoms with E-state index in [1.165, 1.54) is 4.72 Å². The third kappa shape index (κ3) is 5.95. The molecule has 66 valence electrons. The Labute approximate surface area is 62.0 Å². The van der Waals surface area contributed by atoms with E-state index in [4.69, 9.17) is 9.79 Å². The van der Waals surface area contributed by atoms with E-state index in [1.807, 2.05) is 0 Å². The standard InChI is InChI=1S/CH5N2O6PS/c4-1-2-11(8,9)3-10(5,6)7/h1H,(H,2,4)(H3,3,5,6,7). The van der Waals surface area contributed by atoms with E-state index >= 15 is 0 Å². The lowest BCUT2D eigenvalue weighted by Crippen LogP contribution is -2.33. The average molecular weight is 204 g/mol. The quantitative estimate of drug-likeness (QED) is 0.299. The van der Waals surface area contributed by atoms with E-state index in [9.17, 15) is 17.8 Å². The van der Waals surface area contributed by atoms with Crippen LogP contribution in [0.4, 0.5) is 0 Å². The van der Waals surface area contributed by atoms with Gasteiger partial charge in [-0.15, -0.1) is 0 Å². The van der Waals surface area contributed by atoms with Crippen LogP contribution in [0.1, 0.15) is 0 Å². The first-order chi connectivity index (χ1) is 4.77. The zero-order chi connectivity index (χ0) is 9.12. The fourth-order valence-corrected chi connectivity index (χ4v) is 1.84. The van der Waals surface area contributed by atoms with Crippen molar-refractivity contribution < 1.29 is 27.6 Å². The first-order valence-electron chi connectivity index (χ1n) is 2.07. The molecule has 11 heavy (non-hydrogen) atoms. The van der Waals surface area contributed by atoms with Crippen LogP contribution in [-0.4, -0.2) is 24.6 Å². The molecule has 0 aliphatic rings. The third-order valence-electron chi connectivity index (χ3n) is 0.442. The Morgan fingerprint density at radius 2 is 1.82 bits per heavy atom. The van der Waals surface area contributed by atoms with Gasteiger partial charge in [0.1, 0.15) is 0 Å². The number of hydrogen-bond acceptors (Lipinski definition) is 4. The Morgan fingerprint density at radius 1 is 1.36 bits per heavy atom. The molecule has 0 saturated heterocycles. The van der Waals surface area contributed by atoms with Gasteiger partial charge in [0.25, 0.3) is 0 Å².